The molecule has 0 saturated carbocycles. The molecule has 1 aromatic carbocycles. The Morgan fingerprint density at radius 3 is 2.88 bits per heavy atom. The Morgan fingerprint density at radius 1 is 1.42 bits per heavy atom. The van der Waals surface area contributed by atoms with Crippen LogP contribution in [0, 0.1) is 5.92 Å². The summed E-state index contributed by atoms with van der Waals surface area (Å²) in [6.45, 7) is 4.03. The Kier molecular flexibility index (Phi) is 4.31. The van der Waals surface area contributed by atoms with Gasteiger partial charge in [-0.1, -0.05) is 0 Å². The Balaban J connectivity index is 1.90. The van der Waals surface area contributed by atoms with E-state index in [1.807, 2.05) is 0 Å². The van der Waals surface area contributed by atoms with Crippen LogP contribution < -0.4 is 10.1 Å². The first-order valence-electron chi connectivity index (χ1n) is 7.99. The lowest BCUT2D eigenvalue weighted by Gasteiger charge is -2.33. The molecular weight excluding hydrogens is 332 g/mol. The van der Waals surface area contributed by atoms with Gasteiger partial charge in [0.25, 0.3) is 5.91 Å². The van der Waals surface area contributed by atoms with Gasteiger partial charge in [-0.05, 0) is 50.8 Å². The zero-order valence-corrected chi connectivity index (χ0v) is 14.6. The molecule has 2 heterocycles. The van der Waals surface area contributed by atoms with Crippen molar-refractivity contribution in [3.8, 4) is 5.75 Å². The van der Waals surface area contributed by atoms with Crippen LogP contribution in [0.4, 0.5) is 5.69 Å². The third kappa shape index (κ3) is 3.01. The maximum atomic E-state index is 12.8. The second-order valence-electron chi connectivity index (χ2n) is 6.78. The fourth-order valence-corrected chi connectivity index (χ4v) is 4.58. The summed E-state index contributed by atoms with van der Waals surface area (Å²) in [6, 6.07) is 4.49. The molecule has 8 heteroatoms. The number of ether oxygens (including phenoxy) is 1. The van der Waals surface area contributed by atoms with Crippen LogP contribution in [-0.4, -0.2) is 49.0 Å². The average Bonchev–Trinajstić information content (AvgIpc) is 2.55. The van der Waals surface area contributed by atoms with Gasteiger partial charge in [0.05, 0.1) is 10.6 Å². The van der Waals surface area contributed by atoms with Crippen molar-refractivity contribution in [2.75, 3.05) is 25.0 Å². The standard InChI is InChI=1S/C16H22N2O5S/c1-16(2)15(20)17-13-8-12(5-6-14(13)23-16)24(21,22)18-7-3-4-11(9-18)10-19/h5-6,8,11,19H,3-4,7,9-10H2,1-2H3,(H,17,20). The lowest BCUT2D eigenvalue weighted by molar-refractivity contribution is -0.129. The third-order valence-corrected chi connectivity index (χ3v) is 6.35. The summed E-state index contributed by atoms with van der Waals surface area (Å²) < 4.78 is 32.7. The van der Waals surface area contributed by atoms with E-state index in [9.17, 15) is 18.3 Å². The molecule has 1 amide bonds. The minimum Gasteiger partial charge on any atom is -0.476 e. The molecule has 2 aliphatic heterocycles. The number of nitrogens with zero attached hydrogens (tertiary/aromatic N) is 1. The molecule has 132 valence electrons. The van der Waals surface area contributed by atoms with Crippen molar-refractivity contribution in [3.63, 3.8) is 0 Å². The van der Waals surface area contributed by atoms with Gasteiger partial charge in [-0.25, -0.2) is 8.42 Å². The summed E-state index contributed by atoms with van der Waals surface area (Å²) >= 11 is 0. The number of carbonyl (C=O) groups is 1. The van der Waals surface area contributed by atoms with E-state index in [1.165, 1.54) is 16.4 Å². The van der Waals surface area contributed by atoms with Crippen LogP contribution in [0.2, 0.25) is 0 Å². The zero-order valence-electron chi connectivity index (χ0n) is 13.8. The summed E-state index contributed by atoms with van der Waals surface area (Å²) in [5.41, 5.74) is -0.634. The Bertz CT molecular complexity index is 760. The minimum atomic E-state index is -3.67. The molecule has 3 rings (SSSR count). The highest BCUT2D eigenvalue weighted by Gasteiger charge is 2.37. The number of hydrogen-bond acceptors (Lipinski definition) is 5. The van der Waals surface area contributed by atoms with Crippen molar-refractivity contribution in [1.82, 2.24) is 4.31 Å². The fourth-order valence-electron chi connectivity index (χ4n) is 2.99. The van der Waals surface area contributed by atoms with Crippen LogP contribution in [0.5, 0.6) is 5.75 Å². The van der Waals surface area contributed by atoms with Gasteiger partial charge in [0.2, 0.25) is 10.0 Å². The molecule has 1 saturated heterocycles. The maximum Gasteiger partial charge on any atom is 0.268 e. The first kappa shape index (κ1) is 17.2. The lowest BCUT2D eigenvalue weighted by Crippen LogP contribution is -2.45. The average molecular weight is 354 g/mol. The maximum absolute atomic E-state index is 12.8. The monoisotopic (exact) mass is 354 g/mol. The van der Waals surface area contributed by atoms with E-state index in [-0.39, 0.29) is 23.3 Å². The number of aliphatic hydroxyl groups excluding tert-OH is 1. The second-order valence-corrected chi connectivity index (χ2v) is 8.72. The Hall–Kier alpha value is -1.64. The molecule has 24 heavy (non-hydrogen) atoms. The number of hydrogen-bond donors (Lipinski definition) is 2. The number of sulfonamides is 1. The summed E-state index contributed by atoms with van der Waals surface area (Å²) in [5, 5.41) is 12.0. The molecule has 0 radical (unpaired) electrons. The van der Waals surface area contributed by atoms with E-state index >= 15 is 0 Å². The molecule has 1 aromatic rings. The van der Waals surface area contributed by atoms with Gasteiger partial charge in [-0.3, -0.25) is 4.79 Å². The molecule has 0 aliphatic carbocycles. The summed E-state index contributed by atoms with van der Waals surface area (Å²) in [5.74, 6) is 0.100. The van der Waals surface area contributed by atoms with Gasteiger partial charge >= 0.3 is 0 Å². The molecule has 2 aliphatic rings. The highest BCUT2D eigenvalue weighted by Crippen LogP contribution is 2.36. The van der Waals surface area contributed by atoms with E-state index in [0.29, 0.717) is 24.5 Å². The number of nitrogens with one attached hydrogen (secondary N) is 1. The van der Waals surface area contributed by atoms with E-state index in [4.69, 9.17) is 4.74 Å². The number of piperidine rings is 1. The number of rotatable bonds is 3. The van der Waals surface area contributed by atoms with Crippen LogP contribution in [0.15, 0.2) is 23.1 Å². The predicted octanol–water partition coefficient (Wildman–Crippen LogP) is 1.19. The molecule has 0 bridgehead atoms. The summed E-state index contributed by atoms with van der Waals surface area (Å²) in [4.78, 5) is 12.1. The minimum absolute atomic E-state index is 0.0187. The molecule has 0 spiro atoms. The Morgan fingerprint density at radius 2 is 2.17 bits per heavy atom. The van der Waals surface area contributed by atoms with Gasteiger partial charge in [0.15, 0.2) is 5.60 Å². The number of carbonyl (C=O) groups excluding carboxylic acids is 1. The quantitative estimate of drug-likeness (QED) is 0.850. The van der Waals surface area contributed by atoms with E-state index in [1.54, 1.807) is 19.9 Å². The van der Waals surface area contributed by atoms with E-state index in [2.05, 4.69) is 5.32 Å². The van der Waals surface area contributed by atoms with Gasteiger partial charge in [-0.15, -0.1) is 0 Å². The van der Waals surface area contributed by atoms with E-state index < -0.39 is 15.6 Å². The van der Waals surface area contributed by atoms with Crippen LogP contribution in [-0.2, 0) is 14.8 Å². The number of anilines is 1. The largest absolute Gasteiger partial charge is 0.476 e. The lowest BCUT2D eigenvalue weighted by atomic mass is 10.0. The number of benzene rings is 1. The van der Waals surface area contributed by atoms with Crippen molar-refractivity contribution in [3.05, 3.63) is 18.2 Å². The van der Waals surface area contributed by atoms with Crippen LogP contribution in [0.25, 0.3) is 0 Å². The zero-order chi connectivity index (χ0) is 17.5. The first-order valence-corrected chi connectivity index (χ1v) is 9.43. The summed E-state index contributed by atoms with van der Waals surface area (Å²) in [6.07, 6.45) is 1.55. The van der Waals surface area contributed by atoms with Gasteiger partial charge in [0.1, 0.15) is 5.75 Å². The van der Waals surface area contributed by atoms with Gasteiger partial charge < -0.3 is 15.2 Å². The van der Waals surface area contributed by atoms with Crippen LogP contribution >= 0.6 is 0 Å². The molecular formula is C16H22N2O5S. The molecule has 7 nitrogen and oxygen atoms in total. The van der Waals surface area contributed by atoms with Crippen molar-refractivity contribution in [1.29, 1.82) is 0 Å². The molecule has 1 fully saturated rings. The van der Waals surface area contributed by atoms with Gasteiger partial charge in [0, 0.05) is 19.7 Å². The van der Waals surface area contributed by atoms with Crippen molar-refractivity contribution < 1.29 is 23.1 Å². The second kappa shape index (κ2) is 6.02. The Labute approximate surface area is 141 Å². The molecule has 1 atom stereocenters. The number of fused-ring (bicyclic) bond motifs is 1. The van der Waals surface area contributed by atoms with Crippen molar-refractivity contribution in [2.45, 2.75) is 37.2 Å². The topological polar surface area (TPSA) is 95.9 Å². The van der Waals surface area contributed by atoms with E-state index in [0.717, 1.165) is 12.8 Å². The summed E-state index contributed by atoms with van der Waals surface area (Å²) in [7, 11) is -3.67. The van der Waals surface area contributed by atoms with Crippen molar-refractivity contribution in [2.24, 2.45) is 5.92 Å². The fraction of sp³-hybridized carbons (Fsp3) is 0.562. The highest BCUT2D eigenvalue weighted by molar-refractivity contribution is 7.89. The number of amides is 1. The smallest absolute Gasteiger partial charge is 0.268 e. The molecule has 2 N–H and O–H groups in total. The van der Waals surface area contributed by atoms with Crippen LogP contribution in [0.1, 0.15) is 26.7 Å². The third-order valence-electron chi connectivity index (χ3n) is 4.49. The molecule has 1 unspecified atom stereocenters. The SMILES string of the molecule is CC1(C)Oc2ccc(S(=O)(=O)N3CCCC(CO)C3)cc2NC1=O. The normalized spacial score (nSPS) is 24.0. The predicted molar refractivity (Wildman–Crippen MR) is 88.3 cm³/mol. The highest BCUT2D eigenvalue weighted by atomic mass is 32.2. The van der Waals surface area contributed by atoms with Crippen LogP contribution in [0.3, 0.4) is 0 Å². The first-order chi connectivity index (χ1) is 11.2. The molecule has 0 aromatic heterocycles. The van der Waals surface area contributed by atoms with Crippen molar-refractivity contribution >= 4 is 21.6 Å². The number of aliphatic hydroxyl groups is 1. The van der Waals surface area contributed by atoms with Gasteiger partial charge in [-0.2, -0.15) is 4.31 Å².